The SMILES string of the molecule is O=C(O)CCOCCOCCOCCOCCOCCOCCS. The maximum atomic E-state index is 10.2. The van der Waals surface area contributed by atoms with Crippen LogP contribution in [0, 0.1) is 0 Å². The topological polar surface area (TPSA) is 92.7 Å². The van der Waals surface area contributed by atoms with Gasteiger partial charge >= 0.3 is 5.97 Å². The highest BCUT2D eigenvalue weighted by Gasteiger charge is 1.96. The minimum absolute atomic E-state index is 0.0119. The number of carboxylic acids is 1. The summed E-state index contributed by atoms with van der Waals surface area (Å²) in [4.78, 5) is 10.2. The molecule has 0 saturated heterocycles. The van der Waals surface area contributed by atoms with Crippen LogP contribution in [-0.4, -0.2) is 96.1 Å². The highest BCUT2D eigenvalue weighted by atomic mass is 32.1. The summed E-state index contributed by atoms with van der Waals surface area (Å²) in [7, 11) is 0. The summed E-state index contributed by atoms with van der Waals surface area (Å²) in [5, 5.41) is 8.40. The zero-order valence-corrected chi connectivity index (χ0v) is 15.0. The second-order valence-corrected chi connectivity index (χ2v) is 4.99. The van der Waals surface area contributed by atoms with Gasteiger partial charge in [-0.25, -0.2) is 0 Å². The van der Waals surface area contributed by atoms with E-state index in [9.17, 15) is 4.79 Å². The first-order valence-electron chi connectivity index (χ1n) is 8.06. The maximum Gasteiger partial charge on any atom is 0.305 e. The van der Waals surface area contributed by atoms with E-state index in [4.69, 9.17) is 33.5 Å². The molecule has 0 atom stereocenters. The lowest BCUT2D eigenvalue weighted by Gasteiger charge is -2.08. The summed E-state index contributed by atoms with van der Waals surface area (Å²) in [6.45, 7) is 5.83. The Bertz CT molecular complexity index is 268. The molecule has 0 radical (unpaired) electrons. The predicted octanol–water partition coefficient (Wildman–Crippen LogP) is 0.491. The standard InChI is InChI=1S/C15H30O8S/c16-15(17)1-2-18-3-4-19-5-6-20-7-8-21-9-10-22-11-12-23-13-14-24/h24H,1-14H2,(H,16,17). The van der Waals surface area contributed by atoms with E-state index < -0.39 is 5.97 Å². The molecule has 0 aliphatic carbocycles. The van der Waals surface area contributed by atoms with Crippen molar-refractivity contribution in [3.05, 3.63) is 0 Å². The van der Waals surface area contributed by atoms with E-state index in [1.165, 1.54) is 0 Å². The lowest BCUT2D eigenvalue weighted by Crippen LogP contribution is -2.14. The summed E-state index contributed by atoms with van der Waals surface area (Å²) in [6.07, 6.45) is 0.0119. The minimum atomic E-state index is -0.864. The number of carboxylic acid groups (broad SMARTS) is 1. The molecule has 0 aliphatic heterocycles. The molecule has 0 rings (SSSR count). The van der Waals surface area contributed by atoms with Gasteiger partial charge in [0.05, 0.1) is 85.7 Å². The molecule has 0 amide bonds. The molecule has 1 N–H and O–H groups in total. The molecule has 0 aromatic heterocycles. The number of rotatable bonds is 20. The number of aliphatic carboxylic acids is 1. The van der Waals surface area contributed by atoms with Gasteiger partial charge in [0.15, 0.2) is 0 Å². The molecule has 0 fully saturated rings. The first-order chi connectivity index (χ1) is 11.8. The van der Waals surface area contributed by atoms with Gasteiger partial charge in [0, 0.05) is 5.75 Å². The van der Waals surface area contributed by atoms with E-state index in [1.807, 2.05) is 0 Å². The summed E-state index contributed by atoms with van der Waals surface area (Å²) >= 11 is 4.03. The monoisotopic (exact) mass is 370 g/mol. The van der Waals surface area contributed by atoms with Crippen molar-refractivity contribution in [1.82, 2.24) is 0 Å². The van der Waals surface area contributed by atoms with Crippen LogP contribution < -0.4 is 0 Å². The van der Waals surface area contributed by atoms with E-state index in [0.29, 0.717) is 78.4 Å². The van der Waals surface area contributed by atoms with Crippen LogP contribution in [0.25, 0.3) is 0 Å². The average Bonchev–Trinajstić information content (AvgIpc) is 2.56. The van der Waals surface area contributed by atoms with Gasteiger partial charge in [-0.1, -0.05) is 0 Å². The fourth-order valence-corrected chi connectivity index (χ4v) is 1.55. The maximum absolute atomic E-state index is 10.2. The van der Waals surface area contributed by atoms with E-state index >= 15 is 0 Å². The fourth-order valence-electron chi connectivity index (χ4n) is 1.43. The number of ether oxygens (including phenoxy) is 6. The van der Waals surface area contributed by atoms with E-state index in [2.05, 4.69) is 12.6 Å². The van der Waals surface area contributed by atoms with E-state index in [-0.39, 0.29) is 13.0 Å². The largest absolute Gasteiger partial charge is 0.481 e. The van der Waals surface area contributed by atoms with Crippen molar-refractivity contribution in [3.63, 3.8) is 0 Å². The van der Waals surface area contributed by atoms with Crippen molar-refractivity contribution in [2.24, 2.45) is 0 Å². The second-order valence-electron chi connectivity index (χ2n) is 4.54. The molecule has 0 saturated carbocycles. The molecule has 24 heavy (non-hydrogen) atoms. The van der Waals surface area contributed by atoms with Gasteiger partial charge in [-0.05, 0) is 0 Å². The molecule has 0 aromatic rings. The van der Waals surface area contributed by atoms with Gasteiger partial charge in [0.1, 0.15) is 0 Å². The molecule has 0 heterocycles. The van der Waals surface area contributed by atoms with Gasteiger partial charge < -0.3 is 33.5 Å². The van der Waals surface area contributed by atoms with Crippen LogP contribution in [-0.2, 0) is 33.2 Å². The molecular formula is C15H30O8S. The molecule has 0 unspecified atom stereocenters. The van der Waals surface area contributed by atoms with Gasteiger partial charge in [-0.3, -0.25) is 4.79 Å². The Morgan fingerprint density at radius 2 is 0.875 bits per heavy atom. The normalized spacial score (nSPS) is 11.0. The van der Waals surface area contributed by atoms with Crippen LogP contribution in [0.15, 0.2) is 0 Å². The molecule has 0 spiro atoms. The summed E-state index contributed by atoms with van der Waals surface area (Å²) in [6, 6.07) is 0. The minimum Gasteiger partial charge on any atom is -0.481 e. The first kappa shape index (κ1) is 23.6. The van der Waals surface area contributed by atoms with Crippen molar-refractivity contribution < 1.29 is 38.3 Å². The fraction of sp³-hybridized carbons (Fsp3) is 0.933. The van der Waals surface area contributed by atoms with E-state index in [1.54, 1.807) is 0 Å². The molecule has 0 bridgehead atoms. The molecule has 0 aromatic carbocycles. The lowest BCUT2D eigenvalue weighted by molar-refractivity contribution is -0.138. The van der Waals surface area contributed by atoms with Crippen LogP contribution in [0.4, 0.5) is 0 Å². The molecule has 9 heteroatoms. The van der Waals surface area contributed by atoms with Crippen LogP contribution in [0.5, 0.6) is 0 Å². The number of hydrogen-bond donors (Lipinski definition) is 2. The summed E-state index contributed by atoms with van der Waals surface area (Å²) < 4.78 is 31.5. The molecule has 8 nitrogen and oxygen atoms in total. The number of carbonyl (C=O) groups is 1. The van der Waals surface area contributed by atoms with Crippen molar-refractivity contribution in [2.75, 3.05) is 85.0 Å². The van der Waals surface area contributed by atoms with Gasteiger partial charge in [-0.15, -0.1) is 0 Å². The highest BCUT2D eigenvalue weighted by Crippen LogP contribution is 1.86. The Morgan fingerprint density at radius 3 is 1.17 bits per heavy atom. The summed E-state index contributed by atoms with van der Waals surface area (Å²) in [5.41, 5.74) is 0. The predicted molar refractivity (Wildman–Crippen MR) is 91.0 cm³/mol. The van der Waals surface area contributed by atoms with Crippen molar-refractivity contribution in [1.29, 1.82) is 0 Å². The van der Waals surface area contributed by atoms with Gasteiger partial charge in [-0.2, -0.15) is 12.6 Å². The Hall–Kier alpha value is -0.420. The molecular weight excluding hydrogens is 340 g/mol. The van der Waals surface area contributed by atoms with Crippen LogP contribution >= 0.6 is 12.6 Å². The smallest absolute Gasteiger partial charge is 0.305 e. The van der Waals surface area contributed by atoms with Crippen molar-refractivity contribution >= 4 is 18.6 Å². The molecule has 0 aliphatic rings. The Balaban J connectivity index is 2.97. The van der Waals surface area contributed by atoms with Gasteiger partial charge in [0.25, 0.3) is 0 Å². The third-order valence-electron chi connectivity index (χ3n) is 2.56. The van der Waals surface area contributed by atoms with Crippen LogP contribution in [0.3, 0.4) is 0 Å². The lowest BCUT2D eigenvalue weighted by atomic mass is 10.5. The molecule has 144 valence electrons. The Labute approximate surface area is 149 Å². The summed E-state index contributed by atoms with van der Waals surface area (Å²) in [5.74, 6) is -0.147. The zero-order chi connectivity index (χ0) is 17.7. The second kappa shape index (κ2) is 20.6. The number of thiol groups is 1. The van der Waals surface area contributed by atoms with Gasteiger partial charge in [0.2, 0.25) is 0 Å². The van der Waals surface area contributed by atoms with E-state index in [0.717, 1.165) is 0 Å². The average molecular weight is 370 g/mol. The van der Waals surface area contributed by atoms with Crippen molar-refractivity contribution in [3.8, 4) is 0 Å². The first-order valence-corrected chi connectivity index (χ1v) is 8.69. The Kier molecular flexibility index (Phi) is 20.3. The number of hydrogen-bond acceptors (Lipinski definition) is 8. The Morgan fingerprint density at radius 1 is 0.583 bits per heavy atom. The van der Waals surface area contributed by atoms with Crippen LogP contribution in [0.1, 0.15) is 6.42 Å². The third-order valence-corrected chi connectivity index (χ3v) is 2.74. The van der Waals surface area contributed by atoms with Crippen molar-refractivity contribution in [2.45, 2.75) is 6.42 Å². The highest BCUT2D eigenvalue weighted by molar-refractivity contribution is 7.80. The third kappa shape index (κ3) is 21.6. The zero-order valence-electron chi connectivity index (χ0n) is 14.2. The van der Waals surface area contributed by atoms with Crippen LogP contribution in [0.2, 0.25) is 0 Å². The quantitative estimate of drug-likeness (QED) is 0.236.